The third-order valence-electron chi connectivity index (χ3n) is 2.99. The van der Waals surface area contributed by atoms with Gasteiger partial charge in [0.2, 0.25) is 0 Å². The highest BCUT2D eigenvalue weighted by Gasteiger charge is 2.07. The molecule has 0 amide bonds. The van der Waals surface area contributed by atoms with Crippen LogP contribution in [0.3, 0.4) is 0 Å². The summed E-state index contributed by atoms with van der Waals surface area (Å²) < 4.78 is 6.25. The Morgan fingerprint density at radius 3 is 2.95 bits per heavy atom. The number of benzene rings is 1. The molecule has 0 aliphatic heterocycles. The van der Waals surface area contributed by atoms with Crippen molar-refractivity contribution in [2.75, 3.05) is 0 Å². The van der Waals surface area contributed by atoms with Gasteiger partial charge >= 0.3 is 0 Å². The van der Waals surface area contributed by atoms with E-state index >= 15 is 0 Å². The van der Waals surface area contributed by atoms with Gasteiger partial charge in [-0.2, -0.15) is 0 Å². The minimum Gasteiger partial charge on any atom is -0.331 e. The van der Waals surface area contributed by atoms with E-state index < -0.39 is 0 Å². The van der Waals surface area contributed by atoms with Crippen LogP contribution in [0.15, 0.2) is 48.2 Å². The summed E-state index contributed by atoms with van der Waals surface area (Å²) in [5.41, 5.74) is 2.22. The van der Waals surface area contributed by atoms with E-state index in [1.807, 2.05) is 42.2 Å². The Bertz CT molecular complexity index is 661. The lowest BCUT2D eigenvalue weighted by Gasteiger charge is -2.07. The molecule has 3 nitrogen and oxygen atoms in total. The second kappa shape index (κ2) is 5.55. The lowest BCUT2D eigenvalue weighted by Crippen LogP contribution is -2.02. The maximum Gasteiger partial charge on any atom is 0.142 e. The molecule has 0 unspecified atom stereocenters. The molecular formula is C14H12ClN3S. The summed E-state index contributed by atoms with van der Waals surface area (Å²) >= 11 is 7.61. The van der Waals surface area contributed by atoms with Crippen molar-refractivity contribution in [1.29, 1.82) is 0 Å². The summed E-state index contributed by atoms with van der Waals surface area (Å²) in [6, 6.07) is 7.95. The van der Waals surface area contributed by atoms with Crippen LogP contribution < -0.4 is 0 Å². The molecule has 0 atom stereocenters. The van der Waals surface area contributed by atoms with Gasteiger partial charge in [-0.05, 0) is 29.6 Å². The van der Waals surface area contributed by atoms with Gasteiger partial charge in [0.1, 0.15) is 5.82 Å². The summed E-state index contributed by atoms with van der Waals surface area (Å²) in [5, 5.41) is 2.83. The van der Waals surface area contributed by atoms with E-state index in [0.29, 0.717) is 0 Å². The standard InChI is InChI=1S/C14H12ClN3S/c15-13-4-2-1-3-11(13)5-7-18-8-6-16-14(18)12-9-17-19-10-12/h1-4,6,8-10H,5,7H2. The largest absolute Gasteiger partial charge is 0.331 e. The van der Waals surface area contributed by atoms with E-state index in [1.54, 1.807) is 0 Å². The lowest BCUT2D eigenvalue weighted by molar-refractivity contribution is 0.703. The van der Waals surface area contributed by atoms with Crippen molar-refractivity contribution < 1.29 is 0 Å². The second-order valence-corrected chi connectivity index (χ2v) is 5.26. The zero-order chi connectivity index (χ0) is 13.1. The first-order chi connectivity index (χ1) is 9.34. The fourth-order valence-corrected chi connectivity index (χ4v) is 2.75. The Morgan fingerprint density at radius 1 is 1.26 bits per heavy atom. The predicted molar refractivity (Wildman–Crippen MR) is 78.5 cm³/mol. The minimum atomic E-state index is 0.821. The predicted octanol–water partition coefficient (Wildman–Crippen LogP) is 3.90. The first-order valence-corrected chi connectivity index (χ1v) is 7.20. The van der Waals surface area contributed by atoms with Crippen LogP contribution in [0.2, 0.25) is 5.02 Å². The topological polar surface area (TPSA) is 30.7 Å². The van der Waals surface area contributed by atoms with Gasteiger partial charge in [0.25, 0.3) is 0 Å². The Kier molecular flexibility index (Phi) is 3.62. The average Bonchev–Trinajstić information content (AvgIpc) is 3.08. The summed E-state index contributed by atoms with van der Waals surface area (Å²) in [6.45, 7) is 0.856. The smallest absolute Gasteiger partial charge is 0.142 e. The number of hydrogen-bond donors (Lipinski definition) is 0. The van der Waals surface area contributed by atoms with E-state index in [0.717, 1.165) is 34.9 Å². The highest BCUT2D eigenvalue weighted by atomic mass is 35.5. The van der Waals surface area contributed by atoms with Crippen molar-refractivity contribution in [3.63, 3.8) is 0 Å². The van der Waals surface area contributed by atoms with Gasteiger partial charge in [-0.1, -0.05) is 29.8 Å². The van der Waals surface area contributed by atoms with E-state index in [-0.39, 0.29) is 0 Å². The molecule has 2 heterocycles. The molecule has 0 aliphatic rings. The third-order valence-corrected chi connectivity index (χ3v) is 3.94. The first-order valence-electron chi connectivity index (χ1n) is 5.99. The maximum absolute atomic E-state index is 6.17. The highest BCUT2D eigenvalue weighted by Crippen LogP contribution is 2.20. The molecule has 0 saturated heterocycles. The fourth-order valence-electron chi connectivity index (χ4n) is 2.01. The highest BCUT2D eigenvalue weighted by molar-refractivity contribution is 7.03. The normalized spacial score (nSPS) is 10.8. The Hall–Kier alpha value is -1.65. The number of aryl methyl sites for hydroxylation is 2. The zero-order valence-corrected chi connectivity index (χ0v) is 11.7. The van der Waals surface area contributed by atoms with Gasteiger partial charge in [-0.3, -0.25) is 0 Å². The third kappa shape index (κ3) is 2.69. The molecule has 0 aliphatic carbocycles. The first kappa shape index (κ1) is 12.4. The van der Waals surface area contributed by atoms with Crippen molar-refractivity contribution in [1.82, 2.24) is 13.9 Å². The van der Waals surface area contributed by atoms with Crippen LogP contribution in [0.4, 0.5) is 0 Å². The second-order valence-electron chi connectivity index (χ2n) is 4.20. The Morgan fingerprint density at radius 2 is 2.16 bits per heavy atom. The molecule has 96 valence electrons. The molecule has 0 fully saturated rings. The lowest BCUT2D eigenvalue weighted by atomic mass is 10.1. The average molecular weight is 290 g/mol. The maximum atomic E-state index is 6.17. The minimum absolute atomic E-state index is 0.821. The Balaban J connectivity index is 1.78. The van der Waals surface area contributed by atoms with E-state index in [9.17, 15) is 0 Å². The number of imidazole rings is 1. The molecule has 5 heteroatoms. The molecule has 1 aromatic carbocycles. The SMILES string of the molecule is Clc1ccccc1CCn1ccnc1-c1cnsc1. The number of rotatable bonds is 4. The molecule has 3 aromatic rings. The number of nitrogens with zero attached hydrogens (tertiary/aromatic N) is 3. The summed E-state index contributed by atoms with van der Waals surface area (Å²) in [5.74, 6) is 0.959. The van der Waals surface area contributed by atoms with Crippen molar-refractivity contribution in [2.45, 2.75) is 13.0 Å². The van der Waals surface area contributed by atoms with Crippen LogP contribution in [-0.4, -0.2) is 13.9 Å². The van der Waals surface area contributed by atoms with Crippen LogP contribution >= 0.6 is 23.1 Å². The fraction of sp³-hybridized carbons (Fsp3) is 0.143. The number of halogens is 1. The van der Waals surface area contributed by atoms with Gasteiger partial charge < -0.3 is 4.57 Å². The molecule has 3 rings (SSSR count). The van der Waals surface area contributed by atoms with Gasteiger partial charge in [0, 0.05) is 34.9 Å². The van der Waals surface area contributed by atoms with Crippen molar-refractivity contribution >= 4 is 23.1 Å². The molecule has 0 bridgehead atoms. The molecular weight excluding hydrogens is 278 g/mol. The van der Waals surface area contributed by atoms with Crippen molar-refractivity contribution in [3.05, 3.63) is 58.8 Å². The molecule has 0 radical (unpaired) electrons. The van der Waals surface area contributed by atoms with E-state index in [1.165, 1.54) is 11.5 Å². The molecule has 2 aromatic heterocycles. The molecule has 19 heavy (non-hydrogen) atoms. The van der Waals surface area contributed by atoms with Crippen LogP contribution in [0.25, 0.3) is 11.4 Å². The quantitative estimate of drug-likeness (QED) is 0.729. The summed E-state index contributed by atoms with van der Waals surface area (Å²) in [6.07, 6.45) is 6.54. The number of hydrogen-bond acceptors (Lipinski definition) is 3. The molecule has 0 saturated carbocycles. The summed E-state index contributed by atoms with van der Waals surface area (Å²) in [7, 11) is 0. The molecule has 0 spiro atoms. The van der Waals surface area contributed by atoms with Gasteiger partial charge in [-0.25, -0.2) is 9.36 Å². The van der Waals surface area contributed by atoms with Gasteiger partial charge in [0.05, 0.1) is 6.20 Å². The molecule has 0 N–H and O–H groups in total. The van der Waals surface area contributed by atoms with Gasteiger partial charge in [0.15, 0.2) is 0 Å². The monoisotopic (exact) mass is 289 g/mol. The van der Waals surface area contributed by atoms with Crippen molar-refractivity contribution in [3.8, 4) is 11.4 Å². The van der Waals surface area contributed by atoms with Crippen LogP contribution in [0.1, 0.15) is 5.56 Å². The van der Waals surface area contributed by atoms with Crippen LogP contribution in [-0.2, 0) is 13.0 Å². The number of aromatic nitrogens is 3. The van der Waals surface area contributed by atoms with Crippen molar-refractivity contribution in [2.24, 2.45) is 0 Å². The van der Waals surface area contributed by atoms with E-state index in [4.69, 9.17) is 11.6 Å². The summed E-state index contributed by atoms with van der Waals surface area (Å²) in [4.78, 5) is 4.39. The van der Waals surface area contributed by atoms with Gasteiger partial charge in [-0.15, -0.1) is 0 Å². The Labute approximate surface area is 120 Å². The van der Waals surface area contributed by atoms with Crippen LogP contribution in [0.5, 0.6) is 0 Å². The van der Waals surface area contributed by atoms with E-state index in [2.05, 4.69) is 20.0 Å². The van der Waals surface area contributed by atoms with Crippen LogP contribution in [0, 0.1) is 0 Å². The zero-order valence-electron chi connectivity index (χ0n) is 10.2.